The molecule has 2 aromatic heterocycles. The Morgan fingerprint density at radius 2 is 2.25 bits per heavy atom. The fraction of sp³-hybridized carbons (Fsp3) is 0. The zero-order valence-corrected chi connectivity index (χ0v) is 6.36. The molecule has 2 rings (SSSR count). The van der Waals surface area contributed by atoms with Gasteiger partial charge in [-0.3, -0.25) is 4.98 Å². The Kier molecular flexibility index (Phi) is 1.71. The highest BCUT2D eigenvalue weighted by molar-refractivity contribution is 5.56. The molecule has 0 saturated heterocycles. The van der Waals surface area contributed by atoms with Crippen molar-refractivity contribution in [3.63, 3.8) is 0 Å². The molecule has 0 saturated carbocycles. The molecule has 0 aliphatic rings. The summed E-state index contributed by atoms with van der Waals surface area (Å²) in [5.74, 6) is 0. The number of nitrogens with zero attached hydrogens (tertiary/aromatic N) is 2. The molecule has 0 radical (unpaired) electrons. The lowest BCUT2D eigenvalue weighted by Crippen LogP contribution is -1.80. The molecular weight excluding hydrogens is 148 g/mol. The molecule has 0 aliphatic heterocycles. The van der Waals surface area contributed by atoms with E-state index in [0.717, 1.165) is 11.3 Å². The molecule has 0 amide bonds. The Morgan fingerprint density at radius 1 is 1.25 bits per heavy atom. The molecule has 56 valence electrons. The minimum atomic E-state index is 0.912. The second kappa shape index (κ2) is 3.02. The summed E-state index contributed by atoms with van der Waals surface area (Å²) in [5.41, 5.74) is 1.88. The zero-order valence-electron chi connectivity index (χ0n) is 6.36. The van der Waals surface area contributed by atoms with Crippen LogP contribution < -0.4 is 0 Å². The van der Waals surface area contributed by atoms with Crippen molar-refractivity contribution >= 4 is 0 Å². The smallest absolute Gasteiger partial charge is 0.0724 e. The molecule has 0 fully saturated rings. The highest BCUT2D eigenvalue weighted by Gasteiger charge is 1.94. The van der Waals surface area contributed by atoms with E-state index >= 15 is 0 Å². The van der Waals surface area contributed by atoms with Crippen LogP contribution in [0.15, 0.2) is 36.7 Å². The fourth-order valence-corrected chi connectivity index (χ4v) is 0.960. The maximum Gasteiger partial charge on any atom is 0.0724 e. The molecule has 2 heterocycles. The molecule has 2 heteroatoms. The van der Waals surface area contributed by atoms with E-state index in [9.17, 15) is 0 Å². The lowest BCUT2D eigenvalue weighted by atomic mass is 10.2. The highest BCUT2D eigenvalue weighted by atomic mass is 14.7. The summed E-state index contributed by atoms with van der Waals surface area (Å²) < 4.78 is 0. The van der Waals surface area contributed by atoms with Gasteiger partial charge in [-0.15, -0.1) is 0 Å². The van der Waals surface area contributed by atoms with Gasteiger partial charge < -0.3 is 0 Å². The van der Waals surface area contributed by atoms with Crippen molar-refractivity contribution in [2.24, 2.45) is 0 Å². The number of hydrogen-bond acceptors (Lipinski definition) is 2. The molecule has 2 nitrogen and oxygen atoms in total. The molecule has 0 bridgehead atoms. The Labute approximate surface area is 70.9 Å². The van der Waals surface area contributed by atoms with E-state index in [1.807, 2.05) is 24.3 Å². The van der Waals surface area contributed by atoms with Crippen molar-refractivity contribution in [3.8, 4) is 11.3 Å². The van der Waals surface area contributed by atoms with Gasteiger partial charge in [0, 0.05) is 30.2 Å². The standard InChI is InChI=1S/C10H6N2/c1-2-7-12-10(5-1)9-4-3-6-11-8-9/h1-2,4-5,7-8H. The predicted octanol–water partition coefficient (Wildman–Crippen LogP) is 1.74. The van der Waals surface area contributed by atoms with E-state index in [1.165, 1.54) is 0 Å². The highest BCUT2D eigenvalue weighted by Crippen LogP contribution is 2.11. The van der Waals surface area contributed by atoms with Crippen LogP contribution >= 0.6 is 0 Å². The summed E-state index contributed by atoms with van der Waals surface area (Å²) in [6.45, 7) is 0. The minimum Gasteiger partial charge on any atom is -0.256 e. The van der Waals surface area contributed by atoms with Gasteiger partial charge in [-0.25, -0.2) is 4.98 Å². The number of aromatic nitrogens is 2. The zero-order chi connectivity index (χ0) is 8.23. The lowest BCUT2D eigenvalue weighted by Gasteiger charge is -1.94. The molecule has 2 aromatic rings. The largest absolute Gasteiger partial charge is 0.256 e. The third-order valence-corrected chi connectivity index (χ3v) is 1.52. The van der Waals surface area contributed by atoms with E-state index < -0.39 is 0 Å². The second-order valence-corrected chi connectivity index (χ2v) is 2.33. The quantitative estimate of drug-likeness (QED) is 0.625. The minimum absolute atomic E-state index is 0.912. The van der Waals surface area contributed by atoms with Gasteiger partial charge in [-0.2, -0.15) is 0 Å². The van der Waals surface area contributed by atoms with Crippen LogP contribution in [0, 0.1) is 12.3 Å². The van der Waals surface area contributed by atoms with Crippen molar-refractivity contribution < 1.29 is 0 Å². The van der Waals surface area contributed by atoms with E-state index in [1.54, 1.807) is 12.4 Å². The van der Waals surface area contributed by atoms with E-state index in [4.69, 9.17) is 0 Å². The van der Waals surface area contributed by atoms with Crippen LogP contribution in [0.25, 0.3) is 11.3 Å². The summed E-state index contributed by atoms with van der Waals surface area (Å²) in [5, 5.41) is 0. The molecule has 0 aromatic carbocycles. The molecule has 0 atom stereocenters. The summed E-state index contributed by atoms with van der Waals surface area (Å²) >= 11 is 0. The van der Waals surface area contributed by atoms with Gasteiger partial charge in [0.1, 0.15) is 0 Å². The van der Waals surface area contributed by atoms with Crippen molar-refractivity contribution in [1.82, 2.24) is 9.97 Å². The van der Waals surface area contributed by atoms with Gasteiger partial charge in [0.25, 0.3) is 0 Å². The first-order valence-electron chi connectivity index (χ1n) is 3.62. The van der Waals surface area contributed by atoms with Crippen LogP contribution in [0.3, 0.4) is 0 Å². The van der Waals surface area contributed by atoms with E-state index in [2.05, 4.69) is 22.2 Å². The normalized spacial score (nSPS) is 9.00. The molecule has 0 N–H and O–H groups in total. The second-order valence-electron chi connectivity index (χ2n) is 2.33. The summed E-state index contributed by atoms with van der Waals surface area (Å²) in [7, 11) is 0. The van der Waals surface area contributed by atoms with Crippen LogP contribution in [0.1, 0.15) is 0 Å². The van der Waals surface area contributed by atoms with Gasteiger partial charge in [0.05, 0.1) is 5.69 Å². The third kappa shape index (κ3) is 1.25. The van der Waals surface area contributed by atoms with Gasteiger partial charge in [0.2, 0.25) is 0 Å². The Balaban J connectivity index is 2.46. The van der Waals surface area contributed by atoms with Crippen molar-refractivity contribution in [3.05, 3.63) is 48.9 Å². The first-order valence-corrected chi connectivity index (χ1v) is 3.62. The van der Waals surface area contributed by atoms with Gasteiger partial charge in [0.15, 0.2) is 0 Å². The van der Waals surface area contributed by atoms with E-state index in [0.29, 0.717) is 0 Å². The SMILES string of the molecule is c1cc(-c2ccccn2)cnc#1. The van der Waals surface area contributed by atoms with Crippen LogP contribution in [-0.2, 0) is 0 Å². The van der Waals surface area contributed by atoms with Crippen molar-refractivity contribution in [1.29, 1.82) is 0 Å². The topological polar surface area (TPSA) is 25.8 Å². The van der Waals surface area contributed by atoms with Gasteiger partial charge >= 0.3 is 0 Å². The monoisotopic (exact) mass is 154 g/mol. The van der Waals surface area contributed by atoms with Crippen molar-refractivity contribution in [2.45, 2.75) is 0 Å². The first-order chi connectivity index (χ1) is 5.97. The fourth-order valence-electron chi connectivity index (χ4n) is 0.960. The third-order valence-electron chi connectivity index (χ3n) is 1.52. The number of hydrogen-bond donors (Lipinski definition) is 0. The van der Waals surface area contributed by atoms with Crippen LogP contribution in [0.4, 0.5) is 0 Å². The molecular formula is C10H6N2. The first kappa shape index (κ1) is 6.81. The summed E-state index contributed by atoms with van der Waals surface area (Å²) in [6.07, 6.45) is 6.08. The Morgan fingerprint density at radius 3 is 2.92 bits per heavy atom. The molecule has 0 spiro atoms. The van der Waals surface area contributed by atoms with E-state index in [-0.39, 0.29) is 0 Å². The van der Waals surface area contributed by atoms with Crippen LogP contribution in [-0.4, -0.2) is 9.97 Å². The Bertz CT molecular complexity index is 305. The predicted molar refractivity (Wildman–Crippen MR) is 45.1 cm³/mol. The van der Waals surface area contributed by atoms with Crippen LogP contribution in [0.5, 0.6) is 0 Å². The molecule has 12 heavy (non-hydrogen) atoms. The molecule has 0 unspecified atom stereocenters. The average Bonchev–Trinajstić information content (AvgIpc) is 2.21. The maximum atomic E-state index is 4.18. The summed E-state index contributed by atoms with van der Waals surface area (Å²) in [6, 6.07) is 10.4. The number of pyridine rings is 1. The Hall–Kier alpha value is -1.88. The van der Waals surface area contributed by atoms with Crippen molar-refractivity contribution in [2.75, 3.05) is 0 Å². The van der Waals surface area contributed by atoms with Gasteiger partial charge in [-0.05, 0) is 18.2 Å². The lowest BCUT2D eigenvalue weighted by molar-refractivity contribution is 1.29. The average molecular weight is 154 g/mol. The molecule has 0 aliphatic carbocycles. The summed E-state index contributed by atoms with van der Waals surface area (Å²) in [4.78, 5) is 8.02. The maximum absolute atomic E-state index is 4.18. The van der Waals surface area contributed by atoms with Gasteiger partial charge in [-0.1, -0.05) is 6.07 Å². The number of rotatable bonds is 1. The van der Waals surface area contributed by atoms with Crippen LogP contribution in [0.2, 0.25) is 0 Å².